The fraction of sp³-hybridized carbons (Fsp3) is 0.833. The summed E-state index contributed by atoms with van der Waals surface area (Å²) >= 11 is 0. The van der Waals surface area contributed by atoms with Crippen molar-refractivity contribution in [2.75, 3.05) is 13.7 Å². The van der Waals surface area contributed by atoms with Gasteiger partial charge in [-0.05, 0) is 25.2 Å². The maximum absolute atomic E-state index is 12.0. The number of nitrogens with zero attached hydrogens (tertiary/aromatic N) is 1. The predicted molar refractivity (Wildman–Crippen MR) is 68.3 cm³/mol. The average Bonchev–Trinajstić information content (AvgIpc) is 2.27. The van der Waals surface area contributed by atoms with Crippen LogP contribution < -0.4 is 11.1 Å². The summed E-state index contributed by atoms with van der Waals surface area (Å²) in [6, 6.07) is 0. The normalized spacial score (nSPS) is 20.3. The number of hydrogen-bond acceptors (Lipinski definition) is 4. The molecule has 0 aromatic carbocycles. The first-order chi connectivity index (χ1) is 8.45. The molecule has 0 aromatic heterocycles. The number of carbonyl (C=O) groups is 1. The van der Waals surface area contributed by atoms with Gasteiger partial charge in [-0.2, -0.15) is 0 Å². The molecule has 0 aliphatic heterocycles. The van der Waals surface area contributed by atoms with E-state index in [1.807, 2.05) is 13.8 Å². The zero-order valence-electron chi connectivity index (χ0n) is 11.3. The van der Waals surface area contributed by atoms with Crippen molar-refractivity contribution in [2.24, 2.45) is 22.7 Å². The van der Waals surface area contributed by atoms with Crippen molar-refractivity contribution in [2.45, 2.75) is 38.7 Å². The van der Waals surface area contributed by atoms with Crippen molar-refractivity contribution in [3.63, 3.8) is 0 Å². The Morgan fingerprint density at radius 1 is 1.56 bits per heavy atom. The molecule has 0 heterocycles. The zero-order chi connectivity index (χ0) is 13.8. The lowest BCUT2D eigenvalue weighted by Crippen LogP contribution is -2.52. The lowest BCUT2D eigenvalue weighted by Gasteiger charge is -2.40. The second kappa shape index (κ2) is 6.04. The SMILES string of the molecule is COC1(CNC(=O)C(C(N)=NO)C(C)C)CCC1. The number of rotatable bonds is 6. The van der Waals surface area contributed by atoms with Crippen LogP contribution in [0.4, 0.5) is 0 Å². The molecule has 4 N–H and O–H groups in total. The number of ether oxygens (including phenoxy) is 1. The molecule has 1 fully saturated rings. The van der Waals surface area contributed by atoms with Gasteiger partial charge in [0.25, 0.3) is 0 Å². The first kappa shape index (κ1) is 14.8. The Balaban J connectivity index is 2.57. The van der Waals surface area contributed by atoms with Gasteiger partial charge < -0.3 is 21.0 Å². The van der Waals surface area contributed by atoms with E-state index in [-0.39, 0.29) is 23.3 Å². The molecular weight excluding hydrogens is 234 g/mol. The number of carbonyl (C=O) groups excluding carboxylic acids is 1. The van der Waals surface area contributed by atoms with Crippen LogP contribution in [-0.2, 0) is 9.53 Å². The van der Waals surface area contributed by atoms with Crippen molar-refractivity contribution in [1.29, 1.82) is 0 Å². The molecule has 6 nitrogen and oxygen atoms in total. The van der Waals surface area contributed by atoms with Gasteiger partial charge in [0, 0.05) is 13.7 Å². The van der Waals surface area contributed by atoms with Crippen LogP contribution in [-0.4, -0.2) is 36.2 Å². The third-order valence-corrected chi connectivity index (χ3v) is 3.67. The standard InChI is InChI=1S/C12H23N3O3/c1-8(2)9(10(13)15-17)11(16)14-7-12(18-3)5-4-6-12/h8-9,17H,4-7H2,1-3H3,(H2,13,15)(H,14,16). The van der Waals surface area contributed by atoms with E-state index in [1.165, 1.54) is 0 Å². The fourth-order valence-electron chi connectivity index (χ4n) is 2.22. The highest BCUT2D eigenvalue weighted by atomic mass is 16.5. The minimum absolute atomic E-state index is 0.0271. The van der Waals surface area contributed by atoms with E-state index < -0.39 is 5.92 Å². The molecule has 0 saturated heterocycles. The van der Waals surface area contributed by atoms with E-state index in [4.69, 9.17) is 15.7 Å². The van der Waals surface area contributed by atoms with E-state index in [9.17, 15) is 4.79 Å². The van der Waals surface area contributed by atoms with Crippen molar-refractivity contribution < 1.29 is 14.7 Å². The molecule has 6 heteroatoms. The van der Waals surface area contributed by atoms with Crippen LogP contribution in [0.25, 0.3) is 0 Å². The number of methoxy groups -OCH3 is 1. The Kier molecular flexibility index (Phi) is 4.95. The number of hydrogen-bond donors (Lipinski definition) is 3. The maximum Gasteiger partial charge on any atom is 0.231 e. The van der Waals surface area contributed by atoms with Crippen LogP contribution in [0.15, 0.2) is 5.16 Å². The lowest BCUT2D eigenvalue weighted by molar-refractivity contribution is -0.127. The smallest absolute Gasteiger partial charge is 0.231 e. The Hall–Kier alpha value is -1.30. The molecule has 0 bridgehead atoms. The van der Waals surface area contributed by atoms with Gasteiger partial charge in [-0.3, -0.25) is 4.79 Å². The average molecular weight is 257 g/mol. The first-order valence-corrected chi connectivity index (χ1v) is 6.26. The number of amidine groups is 1. The van der Waals surface area contributed by atoms with Gasteiger partial charge >= 0.3 is 0 Å². The van der Waals surface area contributed by atoms with Gasteiger partial charge in [0.05, 0.1) is 5.60 Å². The first-order valence-electron chi connectivity index (χ1n) is 6.26. The predicted octanol–water partition coefficient (Wildman–Crippen LogP) is 0.690. The van der Waals surface area contributed by atoms with E-state index in [0.29, 0.717) is 6.54 Å². The summed E-state index contributed by atoms with van der Waals surface area (Å²) in [4.78, 5) is 12.0. The zero-order valence-corrected chi connectivity index (χ0v) is 11.3. The minimum atomic E-state index is -0.607. The molecular formula is C12H23N3O3. The Labute approximate surface area is 108 Å². The molecule has 1 aliphatic carbocycles. The van der Waals surface area contributed by atoms with E-state index in [0.717, 1.165) is 19.3 Å². The van der Waals surface area contributed by atoms with Crippen molar-refractivity contribution in [3.05, 3.63) is 0 Å². The van der Waals surface area contributed by atoms with Crippen LogP contribution >= 0.6 is 0 Å². The summed E-state index contributed by atoms with van der Waals surface area (Å²) < 4.78 is 5.43. The minimum Gasteiger partial charge on any atom is -0.409 e. The Morgan fingerprint density at radius 2 is 2.17 bits per heavy atom. The summed E-state index contributed by atoms with van der Waals surface area (Å²) in [6.07, 6.45) is 3.04. The van der Waals surface area contributed by atoms with Gasteiger partial charge in [-0.25, -0.2) is 0 Å². The lowest BCUT2D eigenvalue weighted by atomic mass is 9.79. The molecule has 0 radical (unpaired) electrons. The molecule has 1 unspecified atom stereocenters. The molecule has 1 atom stereocenters. The van der Waals surface area contributed by atoms with E-state index in [1.54, 1.807) is 7.11 Å². The second-order valence-corrected chi connectivity index (χ2v) is 5.21. The Bertz CT molecular complexity index is 319. The summed E-state index contributed by atoms with van der Waals surface area (Å²) in [6.45, 7) is 4.19. The molecule has 104 valence electrons. The summed E-state index contributed by atoms with van der Waals surface area (Å²) in [5.74, 6) is -0.907. The number of oxime groups is 1. The summed E-state index contributed by atoms with van der Waals surface area (Å²) in [7, 11) is 1.66. The third-order valence-electron chi connectivity index (χ3n) is 3.67. The maximum atomic E-state index is 12.0. The van der Waals surface area contributed by atoms with Crippen LogP contribution in [0.1, 0.15) is 33.1 Å². The van der Waals surface area contributed by atoms with Crippen LogP contribution in [0.3, 0.4) is 0 Å². The number of nitrogens with one attached hydrogen (secondary N) is 1. The molecule has 0 spiro atoms. The van der Waals surface area contributed by atoms with Crippen LogP contribution in [0.2, 0.25) is 0 Å². The Morgan fingerprint density at radius 3 is 2.50 bits per heavy atom. The van der Waals surface area contributed by atoms with Gasteiger partial charge in [0.2, 0.25) is 5.91 Å². The topological polar surface area (TPSA) is 96.9 Å². The third kappa shape index (κ3) is 3.13. The molecule has 1 amide bonds. The summed E-state index contributed by atoms with van der Waals surface area (Å²) in [5, 5.41) is 14.5. The van der Waals surface area contributed by atoms with Gasteiger partial charge in [-0.15, -0.1) is 0 Å². The summed E-state index contributed by atoms with van der Waals surface area (Å²) in [5.41, 5.74) is 5.33. The van der Waals surface area contributed by atoms with E-state index in [2.05, 4.69) is 10.5 Å². The molecule has 1 aliphatic rings. The molecule has 1 rings (SSSR count). The highest BCUT2D eigenvalue weighted by molar-refractivity contribution is 6.02. The highest BCUT2D eigenvalue weighted by Gasteiger charge is 2.38. The monoisotopic (exact) mass is 257 g/mol. The van der Waals surface area contributed by atoms with Gasteiger partial charge in [0.15, 0.2) is 5.84 Å². The highest BCUT2D eigenvalue weighted by Crippen LogP contribution is 2.34. The number of amides is 1. The number of nitrogens with two attached hydrogens (primary N) is 1. The van der Waals surface area contributed by atoms with Crippen LogP contribution in [0, 0.1) is 11.8 Å². The fourth-order valence-corrected chi connectivity index (χ4v) is 2.22. The quantitative estimate of drug-likeness (QED) is 0.282. The second-order valence-electron chi connectivity index (χ2n) is 5.21. The molecule has 0 aromatic rings. The van der Waals surface area contributed by atoms with Gasteiger partial charge in [-0.1, -0.05) is 19.0 Å². The largest absolute Gasteiger partial charge is 0.409 e. The van der Waals surface area contributed by atoms with Crippen molar-refractivity contribution in [3.8, 4) is 0 Å². The van der Waals surface area contributed by atoms with E-state index >= 15 is 0 Å². The van der Waals surface area contributed by atoms with Gasteiger partial charge in [0.1, 0.15) is 5.92 Å². The van der Waals surface area contributed by atoms with Crippen LogP contribution in [0.5, 0.6) is 0 Å². The molecule has 1 saturated carbocycles. The van der Waals surface area contributed by atoms with Crippen molar-refractivity contribution >= 4 is 11.7 Å². The molecule has 18 heavy (non-hydrogen) atoms. The van der Waals surface area contributed by atoms with Crippen molar-refractivity contribution in [1.82, 2.24) is 5.32 Å².